The SMILES string of the molecule is CC(=O)CN1CCC(c2ccc(-c3ccc(OC(c4cncc(C)n4)C4CCNCC4)nc3)cc2F)C1N. The molecule has 3 N–H and O–H groups in total. The minimum absolute atomic E-state index is 0.0609. The van der Waals surface area contributed by atoms with Crippen LogP contribution in [0.15, 0.2) is 48.9 Å². The van der Waals surface area contributed by atoms with Crippen molar-refractivity contribution in [1.29, 1.82) is 0 Å². The van der Waals surface area contributed by atoms with Gasteiger partial charge >= 0.3 is 0 Å². The molecule has 3 atom stereocenters. The predicted molar refractivity (Wildman–Crippen MR) is 143 cm³/mol. The zero-order chi connectivity index (χ0) is 26.6. The number of carbonyl (C=O) groups excluding carboxylic acids is 1. The van der Waals surface area contributed by atoms with Gasteiger partial charge in [0, 0.05) is 42.4 Å². The van der Waals surface area contributed by atoms with E-state index in [1.807, 2.05) is 30.0 Å². The molecule has 0 saturated carbocycles. The Morgan fingerprint density at radius 1 is 1.16 bits per heavy atom. The molecule has 3 unspecified atom stereocenters. The minimum atomic E-state index is -0.372. The third-order valence-electron chi connectivity index (χ3n) is 7.58. The summed E-state index contributed by atoms with van der Waals surface area (Å²) >= 11 is 0. The van der Waals surface area contributed by atoms with Crippen molar-refractivity contribution in [1.82, 2.24) is 25.2 Å². The Balaban J connectivity index is 1.31. The quantitative estimate of drug-likeness (QED) is 0.464. The molecule has 200 valence electrons. The molecular formula is C29H35FN6O2. The lowest BCUT2D eigenvalue weighted by molar-refractivity contribution is -0.118. The number of ether oxygens (including phenoxy) is 1. The number of likely N-dealkylation sites (tertiary alicyclic amines) is 1. The number of nitrogens with zero attached hydrogens (tertiary/aromatic N) is 4. The van der Waals surface area contributed by atoms with Crippen LogP contribution in [0.4, 0.5) is 4.39 Å². The van der Waals surface area contributed by atoms with E-state index in [1.165, 1.54) is 6.07 Å². The number of halogens is 1. The van der Waals surface area contributed by atoms with E-state index in [2.05, 4.69) is 20.3 Å². The molecule has 8 nitrogen and oxygen atoms in total. The summed E-state index contributed by atoms with van der Waals surface area (Å²) in [4.78, 5) is 27.0. The van der Waals surface area contributed by atoms with Crippen molar-refractivity contribution in [2.75, 3.05) is 26.2 Å². The minimum Gasteiger partial charge on any atom is -0.467 e. The highest BCUT2D eigenvalue weighted by atomic mass is 19.1. The second kappa shape index (κ2) is 11.6. The first-order chi connectivity index (χ1) is 18.4. The number of aryl methyl sites for hydroxylation is 1. The number of nitrogens with one attached hydrogen (secondary N) is 1. The molecule has 4 heterocycles. The van der Waals surface area contributed by atoms with Crippen molar-refractivity contribution in [2.24, 2.45) is 11.7 Å². The summed E-state index contributed by atoms with van der Waals surface area (Å²) in [5, 5.41) is 3.40. The van der Waals surface area contributed by atoms with Gasteiger partial charge < -0.3 is 15.8 Å². The molecule has 38 heavy (non-hydrogen) atoms. The molecule has 5 rings (SSSR count). The number of piperidine rings is 1. The standard InChI is InChI=1S/C29H35FN6O2/c1-18-14-33-16-26(35-18)28(20-7-10-32-11-8-20)38-27-6-4-22(15-34-27)21-3-5-23(25(30)13-21)24-9-12-36(29(24)31)17-19(2)37/h3-6,13-16,20,24,28-29,32H,7-12,17,31H2,1-2H3. The van der Waals surface area contributed by atoms with Gasteiger partial charge in [0.15, 0.2) is 0 Å². The van der Waals surface area contributed by atoms with Crippen LogP contribution in [-0.2, 0) is 4.79 Å². The highest BCUT2D eigenvalue weighted by Gasteiger charge is 2.34. The van der Waals surface area contributed by atoms with Gasteiger partial charge in [-0.25, -0.2) is 9.37 Å². The van der Waals surface area contributed by atoms with Gasteiger partial charge in [0.1, 0.15) is 17.7 Å². The van der Waals surface area contributed by atoms with Gasteiger partial charge in [-0.15, -0.1) is 0 Å². The number of rotatable bonds is 8. The number of nitrogens with two attached hydrogens (primary N) is 1. The summed E-state index contributed by atoms with van der Waals surface area (Å²) in [5.74, 6) is 0.431. The Morgan fingerprint density at radius 3 is 2.63 bits per heavy atom. The van der Waals surface area contributed by atoms with Crippen LogP contribution in [0.5, 0.6) is 5.88 Å². The van der Waals surface area contributed by atoms with Gasteiger partial charge in [0.2, 0.25) is 5.88 Å². The second-order valence-corrected chi connectivity index (χ2v) is 10.4. The Morgan fingerprint density at radius 2 is 1.95 bits per heavy atom. The molecular weight excluding hydrogens is 483 g/mol. The van der Waals surface area contributed by atoms with Crippen molar-refractivity contribution in [3.63, 3.8) is 0 Å². The Hall–Kier alpha value is -3.27. The Kier molecular flexibility index (Phi) is 8.06. The van der Waals surface area contributed by atoms with Crippen LogP contribution in [0.2, 0.25) is 0 Å². The van der Waals surface area contributed by atoms with E-state index < -0.39 is 0 Å². The molecule has 0 radical (unpaired) electrons. The maximum atomic E-state index is 15.2. The molecule has 0 aliphatic carbocycles. The van der Waals surface area contributed by atoms with Crippen molar-refractivity contribution in [2.45, 2.75) is 51.3 Å². The number of carbonyl (C=O) groups is 1. The maximum Gasteiger partial charge on any atom is 0.213 e. The van der Waals surface area contributed by atoms with E-state index in [4.69, 9.17) is 10.5 Å². The zero-order valence-electron chi connectivity index (χ0n) is 21.9. The first-order valence-corrected chi connectivity index (χ1v) is 13.3. The van der Waals surface area contributed by atoms with Gasteiger partial charge in [0.25, 0.3) is 0 Å². The zero-order valence-corrected chi connectivity index (χ0v) is 21.9. The molecule has 2 aliphatic heterocycles. The molecule has 0 amide bonds. The van der Waals surface area contributed by atoms with Crippen LogP contribution in [0.25, 0.3) is 11.1 Å². The average Bonchev–Trinajstić information content (AvgIpc) is 3.27. The Labute approximate surface area is 222 Å². The van der Waals surface area contributed by atoms with Crippen molar-refractivity contribution < 1.29 is 13.9 Å². The molecule has 0 bridgehead atoms. The number of hydrogen-bond donors (Lipinski definition) is 2. The van der Waals surface area contributed by atoms with E-state index in [0.717, 1.165) is 54.9 Å². The lowest BCUT2D eigenvalue weighted by Gasteiger charge is -2.30. The number of pyridine rings is 1. The summed E-state index contributed by atoms with van der Waals surface area (Å²) in [6.07, 6.45) is 7.31. The highest BCUT2D eigenvalue weighted by molar-refractivity contribution is 5.77. The highest BCUT2D eigenvalue weighted by Crippen LogP contribution is 2.35. The monoisotopic (exact) mass is 518 g/mol. The largest absolute Gasteiger partial charge is 0.467 e. The third kappa shape index (κ3) is 5.90. The van der Waals surface area contributed by atoms with E-state index >= 15 is 4.39 Å². The van der Waals surface area contributed by atoms with Gasteiger partial charge in [-0.2, -0.15) is 0 Å². The summed E-state index contributed by atoms with van der Waals surface area (Å²) in [6.45, 7) is 6.34. The normalized spacial score (nSPS) is 21.4. The number of Topliss-reactive ketones (excluding diaryl/α,β-unsaturated/α-hetero) is 1. The summed E-state index contributed by atoms with van der Waals surface area (Å²) in [5.41, 5.74) is 10.1. The number of aromatic nitrogens is 3. The maximum absolute atomic E-state index is 15.2. The van der Waals surface area contributed by atoms with E-state index in [-0.39, 0.29) is 29.8 Å². The van der Waals surface area contributed by atoms with Crippen LogP contribution in [-0.4, -0.2) is 58.0 Å². The smallest absolute Gasteiger partial charge is 0.213 e. The number of benzene rings is 1. The average molecular weight is 519 g/mol. The van der Waals surface area contributed by atoms with Crippen LogP contribution in [0.3, 0.4) is 0 Å². The predicted octanol–water partition coefficient (Wildman–Crippen LogP) is 3.77. The second-order valence-electron chi connectivity index (χ2n) is 10.4. The van der Waals surface area contributed by atoms with E-state index in [0.29, 0.717) is 30.5 Å². The first-order valence-electron chi connectivity index (χ1n) is 13.3. The van der Waals surface area contributed by atoms with Crippen LogP contribution in [0, 0.1) is 18.7 Å². The van der Waals surface area contributed by atoms with Crippen molar-refractivity contribution in [3.05, 3.63) is 71.7 Å². The van der Waals surface area contributed by atoms with Crippen molar-refractivity contribution in [3.8, 4) is 17.0 Å². The van der Waals surface area contributed by atoms with Crippen LogP contribution < -0.4 is 15.8 Å². The molecule has 2 fully saturated rings. The lowest BCUT2D eigenvalue weighted by Crippen LogP contribution is -2.42. The lowest BCUT2D eigenvalue weighted by atomic mass is 9.90. The number of hydrogen-bond acceptors (Lipinski definition) is 8. The summed E-state index contributed by atoms with van der Waals surface area (Å²) < 4.78 is 21.6. The molecule has 3 aromatic rings. The summed E-state index contributed by atoms with van der Waals surface area (Å²) in [6, 6.07) is 8.96. The topological polar surface area (TPSA) is 106 Å². The fraction of sp³-hybridized carbons (Fsp3) is 0.448. The van der Waals surface area contributed by atoms with Crippen LogP contribution in [0.1, 0.15) is 55.2 Å². The first kappa shape index (κ1) is 26.3. The molecule has 1 aromatic carbocycles. The fourth-order valence-electron chi connectivity index (χ4n) is 5.61. The number of ketones is 1. The summed E-state index contributed by atoms with van der Waals surface area (Å²) in [7, 11) is 0. The fourth-order valence-corrected chi connectivity index (χ4v) is 5.61. The van der Waals surface area contributed by atoms with Gasteiger partial charge in [-0.05, 0) is 69.5 Å². The molecule has 9 heteroatoms. The van der Waals surface area contributed by atoms with Gasteiger partial charge in [-0.1, -0.05) is 12.1 Å². The molecule has 2 saturated heterocycles. The third-order valence-corrected chi connectivity index (χ3v) is 7.58. The van der Waals surface area contributed by atoms with E-state index in [9.17, 15) is 4.79 Å². The van der Waals surface area contributed by atoms with Crippen molar-refractivity contribution >= 4 is 5.78 Å². The molecule has 2 aromatic heterocycles. The van der Waals surface area contributed by atoms with Gasteiger partial charge in [-0.3, -0.25) is 19.7 Å². The van der Waals surface area contributed by atoms with Gasteiger partial charge in [0.05, 0.1) is 30.3 Å². The molecule has 2 aliphatic rings. The molecule has 0 spiro atoms. The van der Waals surface area contributed by atoms with E-state index in [1.54, 1.807) is 31.6 Å². The Bertz CT molecular complexity index is 1260. The van der Waals surface area contributed by atoms with Crippen LogP contribution >= 0.6 is 0 Å².